The summed E-state index contributed by atoms with van der Waals surface area (Å²) in [5, 5.41) is 13.7. The maximum absolute atomic E-state index is 12.3. The van der Waals surface area contributed by atoms with Crippen molar-refractivity contribution in [2.75, 3.05) is 13.1 Å². The number of fused-ring (bicyclic) bond motifs is 2. The van der Waals surface area contributed by atoms with Gasteiger partial charge in [-0.15, -0.1) is 0 Å². The zero-order chi connectivity index (χ0) is 18.9. The molecule has 26 heavy (non-hydrogen) atoms. The average molecular weight is 382 g/mol. The summed E-state index contributed by atoms with van der Waals surface area (Å²) < 4.78 is 26.8. The second kappa shape index (κ2) is 7.29. The van der Waals surface area contributed by atoms with Crippen LogP contribution in [0.4, 0.5) is 5.69 Å². The molecule has 2 aliphatic rings. The van der Waals surface area contributed by atoms with Crippen LogP contribution >= 0.6 is 0 Å². The van der Waals surface area contributed by atoms with E-state index in [1.54, 1.807) is 0 Å². The summed E-state index contributed by atoms with van der Waals surface area (Å²) in [5.74, 6) is 0.377. The maximum Gasteiger partial charge on any atom is 0.289 e. The van der Waals surface area contributed by atoms with Crippen molar-refractivity contribution in [1.82, 2.24) is 10.0 Å². The van der Waals surface area contributed by atoms with E-state index in [1.165, 1.54) is 18.2 Å². The number of para-hydroxylation sites is 1. The summed E-state index contributed by atoms with van der Waals surface area (Å²) in [6.07, 6.45) is 3.08. The number of hydrogen-bond acceptors (Lipinski definition) is 6. The van der Waals surface area contributed by atoms with Crippen molar-refractivity contribution in [1.29, 1.82) is 0 Å². The number of nitrogens with one attached hydrogen (secondary N) is 2. The third-order valence-corrected chi connectivity index (χ3v) is 6.86. The molecule has 1 aromatic rings. The van der Waals surface area contributed by atoms with Crippen molar-refractivity contribution in [3.63, 3.8) is 0 Å². The number of carbonyl (C=O) groups excluding carboxylic acids is 1. The largest absolute Gasteiger partial charge is 0.354 e. The minimum absolute atomic E-state index is 0.0593. The van der Waals surface area contributed by atoms with E-state index in [0.29, 0.717) is 11.8 Å². The normalized spacial score (nSPS) is 27.4. The first-order valence-electron chi connectivity index (χ1n) is 8.57. The molecule has 4 unspecified atom stereocenters. The van der Waals surface area contributed by atoms with Crippen molar-refractivity contribution >= 4 is 21.6 Å². The van der Waals surface area contributed by atoms with Gasteiger partial charge in [0.05, 0.1) is 10.8 Å². The van der Waals surface area contributed by atoms with Crippen LogP contribution < -0.4 is 15.8 Å². The van der Waals surface area contributed by atoms with Crippen LogP contribution in [0.3, 0.4) is 0 Å². The number of benzene rings is 1. The summed E-state index contributed by atoms with van der Waals surface area (Å²) in [4.78, 5) is 22.2. The van der Waals surface area contributed by atoms with Gasteiger partial charge >= 0.3 is 0 Å². The molecule has 0 aliphatic heterocycles. The molecular formula is C16H22N4O5S. The minimum Gasteiger partial charge on any atom is -0.354 e. The van der Waals surface area contributed by atoms with E-state index < -0.39 is 25.5 Å². The Morgan fingerprint density at radius 2 is 1.92 bits per heavy atom. The number of carbonyl (C=O) groups is 1. The van der Waals surface area contributed by atoms with E-state index in [1.807, 2.05) is 0 Å². The second-order valence-electron chi connectivity index (χ2n) is 6.85. The first-order valence-corrected chi connectivity index (χ1v) is 10.1. The third-order valence-electron chi connectivity index (χ3n) is 5.35. The maximum atomic E-state index is 12.3. The number of sulfonamides is 1. The first-order chi connectivity index (χ1) is 12.3. The minimum atomic E-state index is -4.04. The molecule has 2 aliphatic carbocycles. The monoisotopic (exact) mass is 382 g/mol. The van der Waals surface area contributed by atoms with E-state index >= 15 is 0 Å². The smallest absolute Gasteiger partial charge is 0.289 e. The van der Waals surface area contributed by atoms with Gasteiger partial charge in [0.1, 0.15) is 0 Å². The average Bonchev–Trinajstić information content (AvgIpc) is 3.19. The highest BCUT2D eigenvalue weighted by Gasteiger charge is 2.48. The van der Waals surface area contributed by atoms with Crippen LogP contribution in [0, 0.1) is 27.9 Å². The lowest BCUT2D eigenvalue weighted by atomic mass is 9.84. The fourth-order valence-electron chi connectivity index (χ4n) is 4.13. The Kier molecular flexibility index (Phi) is 5.26. The van der Waals surface area contributed by atoms with Crippen LogP contribution in [0.5, 0.6) is 0 Å². The highest BCUT2D eigenvalue weighted by Crippen LogP contribution is 2.47. The number of nitro benzene ring substituents is 1. The summed E-state index contributed by atoms with van der Waals surface area (Å²) in [6, 6.07) is 4.99. The Balaban J connectivity index is 1.53. The second-order valence-corrected chi connectivity index (χ2v) is 8.59. The van der Waals surface area contributed by atoms with Gasteiger partial charge in [-0.3, -0.25) is 14.9 Å². The molecule has 1 aromatic carbocycles. The number of amides is 1. The highest BCUT2D eigenvalue weighted by molar-refractivity contribution is 7.89. The predicted octanol–water partition coefficient (Wildman–Crippen LogP) is 0.363. The molecule has 10 heteroatoms. The standard InChI is InChI=1S/C16H22N4O5S/c17-15-11-6-5-10(9-11)14(15)16(21)18-7-8-19-26(24,25)13-4-2-1-3-12(13)20(22)23/h1-4,10-11,14-15,19H,5-9,17H2,(H,18,21). The Bertz CT molecular complexity index is 811. The molecule has 4 atom stereocenters. The first kappa shape index (κ1) is 18.7. The lowest BCUT2D eigenvalue weighted by Gasteiger charge is -2.27. The summed E-state index contributed by atoms with van der Waals surface area (Å²) in [6.45, 7) is 0.0372. The summed E-state index contributed by atoms with van der Waals surface area (Å²) in [5.41, 5.74) is 5.63. The Labute approximate surface area is 151 Å². The summed E-state index contributed by atoms with van der Waals surface area (Å²) in [7, 11) is -4.04. The fraction of sp³-hybridized carbons (Fsp3) is 0.562. The fourth-order valence-corrected chi connectivity index (χ4v) is 5.33. The van der Waals surface area contributed by atoms with E-state index in [0.717, 1.165) is 25.3 Å². The van der Waals surface area contributed by atoms with Gasteiger partial charge in [0.15, 0.2) is 4.90 Å². The number of nitrogens with two attached hydrogens (primary N) is 1. The quantitative estimate of drug-likeness (QED) is 0.353. The lowest BCUT2D eigenvalue weighted by Crippen LogP contribution is -2.46. The molecular weight excluding hydrogens is 360 g/mol. The van der Waals surface area contributed by atoms with E-state index in [4.69, 9.17) is 5.73 Å². The zero-order valence-corrected chi connectivity index (χ0v) is 14.9. The van der Waals surface area contributed by atoms with Crippen molar-refractivity contribution < 1.29 is 18.1 Å². The number of nitro groups is 1. The molecule has 2 bridgehead atoms. The van der Waals surface area contributed by atoms with Gasteiger partial charge in [0, 0.05) is 25.2 Å². The van der Waals surface area contributed by atoms with Gasteiger partial charge < -0.3 is 11.1 Å². The number of nitrogens with zero attached hydrogens (tertiary/aromatic N) is 1. The molecule has 4 N–H and O–H groups in total. The molecule has 3 rings (SSSR count). The highest BCUT2D eigenvalue weighted by atomic mass is 32.2. The molecule has 0 aromatic heterocycles. The molecule has 2 fully saturated rings. The van der Waals surface area contributed by atoms with E-state index in [-0.39, 0.29) is 31.0 Å². The zero-order valence-electron chi connectivity index (χ0n) is 14.1. The molecule has 0 radical (unpaired) electrons. The van der Waals surface area contributed by atoms with Gasteiger partial charge in [-0.25, -0.2) is 13.1 Å². The molecule has 0 heterocycles. The van der Waals surface area contributed by atoms with Crippen molar-refractivity contribution in [2.24, 2.45) is 23.5 Å². The van der Waals surface area contributed by atoms with Crippen molar-refractivity contribution in [2.45, 2.75) is 30.2 Å². The van der Waals surface area contributed by atoms with Crippen molar-refractivity contribution in [3.8, 4) is 0 Å². The Hall–Kier alpha value is -2.04. The molecule has 0 saturated heterocycles. The molecule has 0 spiro atoms. The van der Waals surface area contributed by atoms with Gasteiger partial charge in [-0.2, -0.15) is 0 Å². The van der Waals surface area contributed by atoms with Gasteiger partial charge in [-0.05, 0) is 37.2 Å². The SMILES string of the molecule is NC1C2CCC(C2)C1C(=O)NCCNS(=O)(=O)c1ccccc1[N+](=O)[O-]. The van der Waals surface area contributed by atoms with Crippen LogP contribution in [0.15, 0.2) is 29.2 Å². The van der Waals surface area contributed by atoms with Gasteiger partial charge in [0.25, 0.3) is 5.69 Å². The van der Waals surface area contributed by atoms with Crippen LogP contribution in [0.1, 0.15) is 19.3 Å². The molecule has 1 amide bonds. The van der Waals surface area contributed by atoms with Crippen molar-refractivity contribution in [3.05, 3.63) is 34.4 Å². The molecule has 9 nitrogen and oxygen atoms in total. The third kappa shape index (κ3) is 3.57. The Morgan fingerprint density at radius 3 is 2.58 bits per heavy atom. The number of hydrogen-bond donors (Lipinski definition) is 3. The van der Waals surface area contributed by atoms with Crippen LogP contribution in [0.25, 0.3) is 0 Å². The lowest BCUT2D eigenvalue weighted by molar-refractivity contribution is -0.387. The predicted molar refractivity (Wildman–Crippen MR) is 93.6 cm³/mol. The van der Waals surface area contributed by atoms with Gasteiger partial charge in [0.2, 0.25) is 15.9 Å². The van der Waals surface area contributed by atoms with E-state index in [2.05, 4.69) is 10.0 Å². The van der Waals surface area contributed by atoms with E-state index in [9.17, 15) is 23.3 Å². The number of rotatable bonds is 7. The molecule has 2 saturated carbocycles. The molecule has 142 valence electrons. The summed E-state index contributed by atoms with van der Waals surface area (Å²) >= 11 is 0. The Morgan fingerprint density at radius 1 is 1.23 bits per heavy atom. The van der Waals surface area contributed by atoms with Crippen LogP contribution in [0.2, 0.25) is 0 Å². The topological polar surface area (TPSA) is 144 Å². The van der Waals surface area contributed by atoms with Crippen LogP contribution in [-0.4, -0.2) is 38.4 Å². The van der Waals surface area contributed by atoms with Crippen LogP contribution in [-0.2, 0) is 14.8 Å². The van der Waals surface area contributed by atoms with Gasteiger partial charge in [-0.1, -0.05) is 12.1 Å².